The lowest BCUT2D eigenvalue weighted by molar-refractivity contribution is 0.0663. The Bertz CT molecular complexity index is 1570. The van der Waals surface area contributed by atoms with Crippen molar-refractivity contribution < 1.29 is 19.4 Å². The van der Waals surface area contributed by atoms with Crippen molar-refractivity contribution in [3.8, 4) is 22.8 Å². The lowest BCUT2D eigenvalue weighted by Crippen LogP contribution is -2.14. The summed E-state index contributed by atoms with van der Waals surface area (Å²) in [5.74, 6) is -1.31. The fourth-order valence-electron chi connectivity index (χ4n) is 4.45. The minimum absolute atomic E-state index is 0.135. The van der Waals surface area contributed by atoms with E-state index in [1.54, 1.807) is 13.0 Å². The van der Waals surface area contributed by atoms with Gasteiger partial charge in [0.25, 0.3) is 5.56 Å². The van der Waals surface area contributed by atoms with Gasteiger partial charge in [0.05, 0.1) is 16.9 Å². The first kappa shape index (κ1) is 22.4. The Morgan fingerprint density at radius 3 is 2.57 bits per heavy atom. The predicted octanol–water partition coefficient (Wildman–Crippen LogP) is 5.66. The number of carboxylic acids is 1. The van der Waals surface area contributed by atoms with Crippen LogP contribution >= 0.6 is 0 Å². The smallest absolute Gasteiger partial charge is 0.371 e. The largest absolute Gasteiger partial charge is 0.505 e. The third-order valence-corrected chi connectivity index (χ3v) is 6.46. The zero-order valence-corrected chi connectivity index (χ0v) is 19.5. The Morgan fingerprint density at radius 2 is 1.86 bits per heavy atom. The van der Waals surface area contributed by atoms with Crippen molar-refractivity contribution in [3.05, 3.63) is 80.5 Å². The number of hydrogen-bond donors (Lipinski definition) is 3. The van der Waals surface area contributed by atoms with E-state index in [2.05, 4.69) is 15.3 Å². The molecule has 5 rings (SSSR count). The van der Waals surface area contributed by atoms with Gasteiger partial charge < -0.3 is 14.6 Å². The molecule has 0 aliphatic heterocycles. The van der Waals surface area contributed by atoms with Gasteiger partial charge in [-0.15, -0.1) is 10.2 Å². The number of nitrogens with one attached hydrogen (secondary N) is 1. The number of aromatic nitrogens is 2. The molecule has 1 aliphatic rings. The molecule has 9 heteroatoms. The number of hydrogen-bond acceptors (Lipinski definition) is 6. The van der Waals surface area contributed by atoms with Gasteiger partial charge in [-0.1, -0.05) is 6.07 Å². The molecule has 0 bridgehead atoms. The molecule has 0 spiro atoms. The van der Waals surface area contributed by atoms with Crippen LogP contribution in [0, 0.1) is 20.8 Å². The number of phenols is 1. The molecule has 0 radical (unpaired) electrons. The van der Waals surface area contributed by atoms with Crippen LogP contribution < -0.4 is 5.56 Å². The van der Waals surface area contributed by atoms with Crippen LogP contribution in [0.3, 0.4) is 0 Å². The molecule has 1 aliphatic carbocycles. The molecule has 0 atom stereocenters. The van der Waals surface area contributed by atoms with Gasteiger partial charge in [0.15, 0.2) is 11.4 Å². The Balaban J connectivity index is 1.57. The monoisotopic (exact) mass is 472 g/mol. The summed E-state index contributed by atoms with van der Waals surface area (Å²) in [6, 6.07) is 10.4. The second-order valence-corrected chi connectivity index (χ2v) is 8.77. The first-order chi connectivity index (χ1) is 16.7. The van der Waals surface area contributed by atoms with Crippen LogP contribution in [0.5, 0.6) is 5.75 Å². The number of aromatic carboxylic acids is 1. The zero-order chi connectivity index (χ0) is 24.9. The summed E-state index contributed by atoms with van der Waals surface area (Å²) in [5, 5.41) is 31.7. The summed E-state index contributed by atoms with van der Waals surface area (Å²) in [6.07, 6.45) is 2.42. The number of fused-ring (bicyclic) bond motifs is 1. The average Bonchev–Trinajstić information content (AvgIpc) is 3.54. The molecular weight excluding hydrogens is 448 g/mol. The van der Waals surface area contributed by atoms with Crippen LogP contribution in [0.1, 0.15) is 44.9 Å². The quantitative estimate of drug-likeness (QED) is 0.322. The lowest BCUT2D eigenvalue weighted by Gasteiger charge is -2.11. The van der Waals surface area contributed by atoms with Crippen molar-refractivity contribution in [2.45, 2.75) is 40.0 Å². The first-order valence-electron chi connectivity index (χ1n) is 11.3. The molecule has 2 heterocycles. The Hall–Kier alpha value is -4.40. The number of phenolic OH excluding ortho intramolecular Hbond substituents is 1. The number of aryl methyl sites for hydroxylation is 4. The Labute approximate surface area is 200 Å². The standard InChI is InChI=1S/C26H24N4O5/c1-13-7-8-17(11-14(13)2)30-25(32)23(15(3)29-30)28-27-19-12-16-5-4-6-18(16)22(24(19)31)20-9-10-21(35-20)26(33)34/h7-12,29,31H,4-6H2,1-3H3,(H,33,34). The van der Waals surface area contributed by atoms with E-state index >= 15 is 0 Å². The maximum absolute atomic E-state index is 13.1. The van der Waals surface area contributed by atoms with Crippen molar-refractivity contribution in [1.29, 1.82) is 0 Å². The molecule has 2 aromatic carbocycles. The summed E-state index contributed by atoms with van der Waals surface area (Å²) < 4.78 is 6.89. The van der Waals surface area contributed by atoms with E-state index in [4.69, 9.17) is 4.42 Å². The Kier molecular flexibility index (Phi) is 5.39. The van der Waals surface area contributed by atoms with Crippen LogP contribution in [0.15, 0.2) is 55.8 Å². The maximum Gasteiger partial charge on any atom is 0.371 e. The zero-order valence-electron chi connectivity index (χ0n) is 19.5. The van der Waals surface area contributed by atoms with Crippen molar-refractivity contribution in [2.24, 2.45) is 10.2 Å². The molecule has 178 valence electrons. The van der Waals surface area contributed by atoms with Gasteiger partial charge in [-0.3, -0.25) is 9.89 Å². The third kappa shape index (κ3) is 3.84. The van der Waals surface area contributed by atoms with Gasteiger partial charge in [-0.2, -0.15) is 0 Å². The molecular formula is C26H24N4O5. The predicted molar refractivity (Wildman–Crippen MR) is 130 cm³/mol. The second kappa shape index (κ2) is 8.43. The molecule has 35 heavy (non-hydrogen) atoms. The van der Waals surface area contributed by atoms with Crippen molar-refractivity contribution in [1.82, 2.24) is 9.78 Å². The molecule has 9 nitrogen and oxygen atoms in total. The molecule has 0 fully saturated rings. The SMILES string of the molecule is Cc1ccc(-n2[nH]c(C)c(N=Nc3cc4c(c(-c5ccc(C(=O)O)o5)c3O)CCC4)c2=O)cc1C. The summed E-state index contributed by atoms with van der Waals surface area (Å²) in [4.78, 5) is 24.3. The van der Waals surface area contributed by atoms with Crippen LogP contribution in [0.2, 0.25) is 0 Å². The van der Waals surface area contributed by atoms with Gasteiger partial charge in [-0.05, 0) is 92.6 Å². The molecule has 0 saturated heterocycles. The van der Waals surface area contributed by atoms with Gasteiger partial charge in [0.1, 0.15) is 11.4 Å². The molecule has 0 unspecified atom stereocenters. The minimum atomic E-state index is -1.19. The number of carbonyl (C=O) groups is 1. The highest BCUT2D eigenvalue weighted by molar-refractivity contribution is 5.86. The van der Waals surface area contributed by atoms with E-state index in [0.717, 1.165) is 41.5 Å². The number of benzene rings is 2. The number of aromatic hydroxyl groups is 1. The fraction of sp³-hybridized carbons (Fsp3) is 0.231. The highest BCUT2D eigenvalue weighted by Crippen LogP contribution is 2.45. The van der Waals surface area contributed by atoms with Crippen LogP contribution in [-0.2, 0) is 12.8 Å². The van der Waals surface area contributed by atoms with E-state index in [9.17, 15) is 19.8 Å². The van der Waals surface area contributed by atoms with E-state index in [1.807, 2.05) is 32.0 Å². The normalized spacial score (nSPS) is 13.0. The van der Waals surface area contributed by atoms with Gasteiger partial charge >= 0.3 is 5.97 Å². The number of carboxylic acid groups (broad SMARTS) is 1. The number of aromatic amines is 1. The molecule has 0 saturated carbocycles. The topological polar surface area (TPSA) is 133 Å². The van der Waals surface area contributed by atoms with Gasteiger partial charge in [0, 0.05) is 0 Å². The highest BCUT2D eigenvalue weighted by Gasteiger charge is 2.25. The maximum atomic E-state index is 13.1. The van der Waals surface area contributed by atoms with Crippen LogP contribution in [0.25, 0.3) is 17.0 Å². The fourth-order valence-corrected chi connectivity index (χ4v) is 4.45. The van der Waals surface area contributed by atoms with Crippen molar-refractivity contribution >= 4 is 17.3 Å². The molecule has 4 aromatic rings. The third-order valence-electron chi connectivity index (χ3n) is 6.46. The number of nitrogens with zero attached hydrogens (tertiary/aromatic N) is 3. The minimum Gasteiger partial charge on any atom is -0.505 e. The molecule has 0 amide bonds. The van der Waals surface area contributed by atoms with Crippen LogP contribution in [-0.4, -0.2) is 26.0 Å². The van der Waals surface area contributed by atoms with Crippen molar-refractivity contribution in [3.63, 3.8) is 0 Å². The average molecular weight is 473 g/mol. The number of furan rings is 1. The summed E-state index contributed by atoms with van der Waals surface area (Å²) in [7, 11) is 0. The van der Waals surface area contributed by atoms with Gasteiger partial charge in [-0.25, -0.2) is 9.48 Å². The number of azo groups is 1. The van der Waals surface area contributed by atoms with Crippen molar-refractivity contribution in [2.75, 3.05) is 0 Å². The number of H-pyrrole nitrogens is 1. The van der Waals surface area contributed by atoms with Gasteiger partial charge in [0.2, 0.25) is 5.76 Å². The Morgan fingerprint density at radius 1 is 1.06 bits per heavy atom. The lowest BCUT2D eigenvalue weighted by atomic mass is 9.99. The molecule has 3 N–H and O–H groups in total. The highest BCUT2D eigenvalue weighted by atomic mass is 16.4. The van der Waals surface area contributed by atoms with E-state index in [1.165, 1.54) is 16.8 Å². The first-order valence-corrected chi connectivity index (χ1v) is 11.3. The summed E-state index contributed by atoms with van der Waals surface area (Å²) in [6.45, 7) is 5.72. The summed E-state index contributed by atoms with van der Waals surface area (Å²) in [5.41, 5.74) is 5.69. The summed E-state index contributed by atoms with van der Waals surface area (Å²) >= 11 is 0. The van der Waals surface area contributed by atoms with E-state index in [-0.39, 0.29) is 34.2 Å². The second-order valence-electron chi connectivity index (χ2n) is 8.77. The molecule has 2 aromatic heterocycles. The van der Waals surface area contributed by atoms with Crippen LogP contribution in [0.4, 0.5) is 11.4 Å². The number of rotatable bonds is 5. The van der Waals surface area contributed by atoms with E-state index < -0.39 is 5.97 Å². The van der Waals surface area contributed by atoms with E-state index in [0.29, 0.717) is 16.9 Å².